The van der Waals surface area contributed by atoms with E-state index in [-0.39, 0.29) is 11.6 Å². The minimum atomic E-state index is -0.160. The molecule has 2 N–H and O–H groups in total. The minimum Gasteiger partial charge on any atom is -0.497 e. The maximum absolute atomic E-state index is 13.3. The van der Waals surface area contributed by atoms with Crippen molar-refractivity contribution in [2.45, 2.75) is 63.5 Å². The highest BCUT2D eigenvalue weighted by Gasteiger charge is 2.36. The molecule has 0 amide bonds. The van der Waals surface area contributed by atoms with E-state index in [1.165, 1.54) is 43.4 Å². The van der Waals surface area contributed by atoms with Crippen molar-refractivity contribution in [2.75, 3.05) is 20.2 Å². The number of hydrogen-bond acceptors (Lipinski definition) is 5. The van der Waals surface area contributed by atoms with Crippen molar-refractivity contribution < 1.29 is 9.64 Å². The Balaban J connectivity index is 1.62. The molecule has 1 atom stereocenters. The minimum absolute atomic E-state index is 0.0676. The zero-order valence-corrected chi connectivity index (χ0v) is 18.1. The van der Waals surface area contributed by atoms with Gasteiger partial charge in [0, 0.05) is 6.07 Å². The van der Waals surface area contributed by atoms with Gasteiger partial charge >= 0.3 is 0 Å². The molecular weight excluding hydrogens is 392 g/mol. The highest BCUT2D eigenvalue weighted by atomic mass is 16.5. The van der Waals surface area contributed by atoms with Crippen LogP contribution < -0.4 is 15.2 Å². The molecule has 1 aliphatic carbocycles. The topological polar surface area (TPSA) is 90.1 Å². The van der Waals surface area contributed by atoms with Crippen molar-refractivity contribution in [2.24, 2.45) is 0 Å². The number of aromatic amines is 1. The molecule has 1 aromatic carbocycles. The first-order valence-electron chi connectivity index (χ1n) is 11.6. The number of nitrogens with one attached hydrogen (secondary N) is 2. The van der Waals surface area contributed by atoms with E-state index in [0.717, 1.165) is 54.0 Å². The average molecular weight is 424 g/mol. The summed E-state index contributed by atoms with van der Waals surface area (Å²) in [5.74, 6) is 1.57. The number of ether oxygens (including phenoxy) is 1. The van der Waals surface area contributed by atoms with Gasteiger partial charge in [-0.3, -0.25) is 4.79 Å². The van der Waals surface area contributed by atoms with Gasteiger partial charge in [0.05, 0.1) is 37.3 Å². The summed E-state index contributed by atoms with van der Waals surface area (Å²) in [6.07, 6.45) is 9.49. The van der Waals surface area contributed by atoms with Crippen molar-refractivity contribution in [1.82, 2.24) is 25.2 Å². The number of nitrogens with zero attached hydrogens (tertiary/aromatic N) is 4. The number of methoxy groups -OCH3 is 1. The van der Waals surface area contributed by atoms with Crippen molar-refractivity contribution in [1.29, 1.82) is 0 Å². The quantitative estimate of drug-likeness (QED) is 0.657. The van der Waals surface area contributed by atoms with Crippen molar-refractivity contribution in [3.8, 4) is 5.75 Å². The average Bonchev–Trinajstić information content (AvgIpc) is 3.30. The SMILES string of the molecule is COc1ccc2cc([C@H](c3nnnn3C3CCCCC3)[NH+]3CCCCC3)c(=O)[nH]c2c1. The number of piperidine rings is 1. The fourth-order valence-corrected chi connectivity index (χ4v) is 5.35. The first-order valence-corrected chi connectivity index (χ1v) is 11.6. The molecule has 3 aromatic rings. The van der Waals surface area contributed by atoms with Crippen LogP contribution in [0.4, 0.5) is 0 Å². The van der Waals surface area contributed by atoms with Gasteiger partial charge < -0.3 is 14.6 Å². The van der Waals surface area contributed by atoms with Crippen molar-refractivity contribution >= 4 is 10.9 Å². The Hall–Kier alpha value is -2.74. The van der Waals surface area contributed by atoms with Crippen LogP contribution in [0.1, 0.15) is 74.8 Å². The van der Waals surface area contributed by atoms with Crippen molar-refractivity contribution in [3.63, 3.8) is 0 Å². The molecule has 2 aromatic heterocycles. The van der Waals surface area contributed by atoms with Crippen LogP contribution in [-0.4, -0.2) is 45.4 Å². The smallest absolute Gasteiger partial charge is 0.258 e. The lowest BCUT2D eigenvalue weighted by Crippen LogP contribution is -3.13. The molecule has 0 radical (unpaired) electrons. The molecule has 8 heteroatoms. The summed E-state index contributed by atoms with van der Waals surface area (Å²) in [7, 11) is 1.63. The molecule has 164 valence electrons. The number of aromatic nitrogens is 5. The summed E-state index contributed by atoms with van der Waals surface area (Å²) >= 11 is 0. The molecule has 2 aliphatic rings. The molecule has 1 saturated heterocycles. The summed E-state index contributed by atoms with van der Waals surface area (Å²) < 4.78 is 7.35. The maximum Gasteiger partial charge on any atom is 0.258 e. The van der Waals surface area contributed by atoms with Gasteiger partial charge in [-0.25, -0.2) is 4.68 Å². The molecule has 2 fully saturated rings. The number of rotatable bonds is 5. The molecule has 0 spiro atoms. The summed E-state index contributed by atoms with van der Waals surface area (Å²) in [6.45, 7) is 2.06. The third-order valence-corrected chi connectivity index (χ3v) is 6.99. The van der Waals surface area contributed by atoms with Gasteiger partial charge in [-0.2, -0.15) is 0 Å². The third kappa shape index (κ3) is 3.96. The Morgan fingerprint density at radius 3 is 2.65 bits per heavy atom. The van der Waals surface area contributed by atoms with Crippen LogP contribution >= 0.6 is 0 Å². The number of quaternary nitrogens is 1. The van der Waals surface area contributed by atoms with E-state index in [4.69, 9.17) is 4.74 Å². The van der Waals surface area contributed by atoms with Crippen LogP contribution in [0.5, 0.6) is 5.75 Å². The standard InChI is InChI=1S/C23H30N6O2/c1-31-18-11-10-16-14-19(23(30)24-20(16)15-18)21(28-12-6-3-7-13-28)22-25-26-27-29(22)17-8-4-2-5-9-17/h10-11,14-15,17,21H,2-9,12-13H2,1H3,(H,24,30)/p+1/t21-/m1/s1. The first kappa shape index (κ1) is 20.2. The zero-order valence-electron chi connectivity index (χ0n) is 18.1. The monoisotopic (exact) mass is 423 g/mol. The van der Waals surface area contributed by atoms with Crippen LogP contribution in [0.25, 0.3) is 10.9 Å². The second-order valence-electron chi connectivity index (χ2n) is 8.93. The fourth-order valence-electron chi connectivity index (χ4n) is 5.35. The molecule has 0 bridgehead atoms. The van der Waals surface area contributed by atoms with Gasteiger partial charge in [0.1, 0.15) is 5.75 Å². The number of likely N-dealkylation sites (tertiary alicyclic amines) is 1. The number of fused-ring (bicyclic) bond motifs is 1. The van der Waals surface area contributed by atoms with E-state index >= 15 is 0 Å². The number of tetrazole rings is 1. The number of H-pyrrole nitrogens is 1. The van der Waals surface area contributed by atoms with Crippen LogP contribution in [0.2, 0.25) is 0 Å². The van der Waals surface area contributed by atoms with Gasteiger partial charge in [-0.05, 0) is 66.1 Å². The lowest BCUT2D eigenvalue weighted by molar-refractivity contribution is -0.931. The second kappa shape index (κ2) is 8.78. The van der Waals surface area contributed by atoms with Crippen LogP contribution in [-0.2, 0) is 0 Å². The Labute approximate surface area is 181 Å². The van der Waals surface area contributed by atoms with Gasteiger partial charge in [0.25, 0.3) is 5.56 Å². The lowest BCUT2D eigenvalue weighted by Gasteiger charge is -2.32. The highest BCUT2D eigenvalue weighted by molar-refractivity contribution is 5.80. The zero-order chi connectivity index (χ0) is 21.2. The molecule has 0 unspecified atom stereocenters. The second-order valence-corrected chi connectivity index (χ2v) is 8.93. The predicted octanol–water partition coefficient (Wildman–Crippen LogP) is 2.19. The predicted molar refractivity (Wildman–Crippen MR) is 117 cm³/mol. The molecule has 5 rings (SSSR count). The molecule has 1 aliphatic heterocycles. The number of benzene rings is 1. The van der Waals surface area contributed by atoms with Crippen LogP contribution in [0, 0.1) is 0 Å². The van der Waals surface area contributed by atoms with Crippen LogP contribution in [0.3, 0.4) is 0 Å². The Kier molecular flexibility index (Phi) is 5.72. The van der Waals surface area contributed by atoms with Gasteiger partial charge in [0.15, 0.2) is 6.04 Å². The van der Waals surface area contributed by atoms with Crippen molar-refractivity contribution in [3.05, 3.63) is 46.0 Å². The number of hydrogen-bond donors (Lipinski definition) is 2. The Morgan fingerprint density at radius 2 is 1.87 bits per heavy atom. The van der Waals surface area contributed by atoms with Crippen LogP contribution in [0.15, 0.2) is 29.1 Å². The van der Waals surface area contributed by atoms with E-state index in [1.807, 2.05) is 28.9 Å². The summed E-state index contributed by atoms with van der Waals surface area (Å²) in [5, 5.41) is 14.0. The van der Waals surface area contributed by atoms with E-state index in [1.54, 1.807) is 7.11 Å². The van der Waals surface area contributed by atoms with E-state index in [0.29, 0.717) is 6.04 Å². The van der Waals surface area contributed by atoms with Gasteiger partial charge in [-0.1, -0.05) is 19.3 Å². The largest absolute Gasteiger partial charge is 0.497 e. The van der Waals surface area contributed by atoms with Gasteiger partial charge in [0.2, 0.25) is 5.82 Å². The first-order chi connectivity index (χ1) is 15.2. The summed E-state index contributed by atoms with van der Waals surface area (Å²) in [4.78, 5) is 17.8. The lowest BCUT2D eigenvalue weighted by atomic mass is 9.94. The third-order valence-electron chi connectivity index (χ3n) is 6.99. The Bertz CT molecular complexity index is 1090. The summed E-state index contributed by atoms with van der Waals surface area (Å²) in [5.41, 5.74) is 1.47. The molecule has 1 saturated carbocycles. The highest BCUT2D eigenvalue weighted by Crippen LogP contribution is 2.30. The fraction of sp³-hybridized carbons (Fsp3) is 0.565. The molecule has 8 nitrogen and oxygen atoms in total. The molecular formula is C23H31N6O2+. The van der Waals surface area contributed by atoms with E-state index < -0.39 is 0 Å². The normalized spacial score (nSPS) is 19.5. The Morgan fingerprint density at radius 1 is 1.10 bits per heavy atom. The summed E-state index contributed by atoms with van der Waals surface area (Å²) in [6, 6.07) is 8.00. The number of pyridine rings is 1. The van der Waals surface area contributed by atoms with Gasteiger partial charge in [-0.15, -0.1) is 5.10 Å². The molecule has 3 heterocycles. The van der Waals surface area contributed by atoms with E-state index in [9.17, 15) is 4.79 Å². The maximum atomic E-state index is 13.3. The van der Waals surface area contributed by atoms with E-state index in [2.05, 4.69) is 20.5 Å². The molecule has 31 heavy (non-hydrogen) atoms.